The quantitative estimate of drug-likeness (QED) is 0.794. The predicted octanol–water partition coefficient (Wildman–Crippen LogP) is 2.33. The number of nitrogens with one attached hydrogen (secondary N) is 2. The van der Waals surface area contributed by atoms with Crippen molar-refractivity contribution in [3.8, 4) is 0 Å². The molecule has 23 heavy (non-hydrogen) atoms. The number of carboxylic acids is 1. The molecule has 0 radical (unpaired) electrons. The van der Waals surface area contributed by atoms with E-state index < -0.39 is 17.8 Å². The molecule has 122 valence electrons. The molecule has 2 aliphatic carbocycles. The highest BCUT2D eigenvalue weighted by Gasteiger charge is 2.53. The Kier molecular flexibility index (Phi) is 4.07. The standard InChI is InChI=1S/C17H20N2O4/c1-9(20)18-12-4-6-13(7-5-12)19-16(21)14-10-2-3-11(8-10)15(14)17(22)23/h4-7,10-11,14-15H,2-3,8H2,1H3,(H,18,20)(H,19,21)(H,22,23)/t10-,11-,14+,15+/m1/s1. The van der Waals surface area contributed by atoms with Gasteiger partial charge in [-0.1, -0.05) is 0 Å². The van der Waals surface area contributed by atoms with Crippen LogP contribution in [-0.4, -0.2) is 22.9 Å². The maximum absolute atomic E-state index is 12.5. The summed E-state index contributed by atoms with van der Waals surface area (Å²) in [4.78, 5) is 35.0. The molecular formula is C17H20N2O4. The minimum absolute atomic E-state index is 0.135. The summed E-state index contributed by atoms with van der Waals surface area (Å²) in [6, 6.07) is 6.80. The number of fused-ring (bicyclic) bond motifs is 2. The summed E-state index contributed by atoms with van der Waals surface area (Å²) < 4.78 is 0. The second-order valence-electron chi connectivity index (χ2n) is 6.47. The van der Waals surface area contributed by atoms with Gasteiger partial charge in [0, 0.05) is 18.3 Å². The highest BCUT2D eigenvalue weighted by atomic mass is 16.4. The van der Waals surface area contributed by atoms with Gasteiger partial charge in [0.15, 0.2) is 0 Å². The first-order chi connectivity index (χ1) is 11.0. The molecule has 6 heteroatoms. The van der Waals surface area contributed by atoms with Crippen molar-refractivity contribution in [3.05, 3.63) is 24.3 Å². The lowest BCUT2D eigenvalue weighted by atomic mass is 9.78. The lowest BCUT2D eigenvalue weighted by Gasteiger charge is -2.27. The monoisotopic (exact) mass is 316 g/mol. The first-order valence-electron chi connectivity index (χ1n) is 7.87. The van der Waals surface area contributed by atoms with Gasteiger partial charge in [0.1, 0.15) is 0 Å². The number of carboxylic acid groups (broad SMARTS) is 1. The van der Waals surface area contributed by atoms with Crippen LogP contribution >= 0.6 is 0 Å². The van der Waals surface area contributed by atoms with Crippen molar-refractivity contribution in [2.24, 2.45) is 23.7 Å². The molecule has 0 unspecified atom stereocenters. The second-order valence-corrected chi connectivity index (χ2v) is 6.47. The molecule has 2 aliphatic rings. The molecule has 0 heterocycles. The van der Waals surface area contributed by atoms with E-state index in [1.807, 2.05) is 0 Å². The molecular weight excluding hydrogens is 296 g/mol. The number of rotatable bonds is 4. The number of anilines is 2. The molecule has 1 aromatic rings. The molecule has 1 aromatic carbocycles. The third-order valence-electron chi connectivity index (χ3n) is 4.98. The summed E-state index contributed by atoms with van der Waals surface area (Å²) >= 11 is 0. The van der Waals surface area contributed by atoms with Crippen LogP contribution in [0.15, 0.2) is 24.3 Å². The van der Waals surface area contributed by atoms with Gasteiger partial charge in [-0.25, -0.2) is 0 Å². The Labute approximate surface area is 134 Å². The molecule has 2 fully saturated rings. The first kappa shape index (κ1) is 15.5. The lowest BCUT2D eigenvalue weighted by molar-refractivity contribution is -0.148. The molecule has 0 aliphatic heterocycles. The number of carbonyl (C=O) groups is 3. The van der Waals surface area contributed by atoms with E-state index in [0.717, 1.165) is 19.3 Å². The third-order valence-corrected chi connectivity index (χ3v) is 4.98. The number of hydrogen-bond donors (Lipinski definition) is 3. The van der Waals surface area contributed by atoms with Gasteiger partial charge in [-0.05, 0) is 55.4 Å². The lowest BCUT2D eigenvalue weighted by Crippen LogP contribution is -2.37. The van der Waals surface area contributed by atoms with Crippen molar-refractivity contribution in [1.82, 2.24) is 0 Å². The first-order valence-corrected chi connectivity index (χ1v) is 7.87. The summed E-state index contributed by atoms with van der Waals surface area (Å²) in [7, 11) is 0. The zero-order valence-electron chi connectivity index (χ0n) is 12.9. The van der Waals surface area contributed by atoms with E-state index in [-0.39, 0.29) is 23.7 Å². The van der Waals surface area contributed by atoms with Gasteiger partial charge in [0.05, 0.1) is 11.8 Å². The fraction of sp³-hybridized carbons (Fsp3) is 0.471. The van der Waals surface area contributed by atoms with E-state index in [0.29, 0.717) is 11.4 Å². The fourth-order valence-corrected chi connectivity index (χ4v) is 4.09. The van der Waals surface area contributed by atoms with E-state index in [2.05, 4.69) is 10.6 Å². The van der Waals surface area contributed by atoms with Crippen molar-refractivity contribution in [2.75, 3.05) is 10.6 Å². The normalized spacial score (nSPS) is 28.4. The van der Waals surface area contributed by atoms with Gasteiger partial charge in [-0.15, -0.1) is 0 Å². The number of aliphatic carboxylic acids is 1. The highest BCUT2D eigenvalue weighted by Crippen LogP contribution is 2.52. The summed E-state index contributed by atoms with van der Waals surface area (Å²) in [6.45, 7) is 1.43. The molecule has 3 rings (SSSR count). The largest absolute Gasteiger partial charge is 0.481 e. The summed E-state index contributed by atoms with van der Waals surface area (Å²) in [5.74, 6) is -1.92. The Morgan fingerprint density at radius 2 is 1.48 bits per heavy atom. The Morgan fingerprint density at radius 3 is 2.00 bits per heavy atom. The van der Waals surface area contributed by atoms with Crippen molar-refractivity contribution in [2.45, 2.75) is 26.2 Å². The topological polar surface area (TPSA) is 95.5 Å². The minimum Gasteiger partial charge on any atom is -0.481 e. The molecule has 2 bridgehead atoms. The van der Waals surface area contributed by atoms with E-state index >= 15 is 0 Å². The van der Waals surface area contributed by atoms with Gasteiger partial charge < -0.3 is 15.7 Å². The van der Waals surface area contributed by atoms with Crippen LogP contribution in [0.5, 0.6) is 0 Å². The number of amides is 2. The Morgan fingerprint density at radius 1 is 0.957 bits per heavy atom. The highest BCUT2D eigenvalue weighted by molar-refractivity contribution is 5.96. The summed E-state index contributed by atoms with van der Waals surface area (Å²) in [6.07, 6.45) is 2.70. The van der Waals surface area contributed by atoms with Crippen LogP contribution in [0.25, 0.3) is 0 Å². The van der Waals surface area contributed by atoms with Crippen LogP contribution in [0.2, 0.25) is 0 Å². The molecule has 0 spiro atoms. The van der Waals surface area contributed by atoms with Gasteiger partial charge in [0.25, 0.3) is 0 Å². The van der Waals surface area contributed by atoms with Crippen LogP contribution in [-0.2, 0) is 14.4 Å². The van der Waals surface area contributed by atoms with E-state index in [1.165, 1.54) is 6.92 Å². The average Bonchev–Trinajstić information content (AvgIpc) is 3.09. The second kappa shape index (κ2) is 6.02. The van der Waals surface area contributed by atoms with E-state index in [1.54, 1.807) is 24.3 Å². The van der Waals surface area contributed by atoms with Crippen molar-refractivity contribution >= 4 is 29.2 Å². The Hall–Kier alpha value is -2.37. The van der Waals surface area contributed by atoms with Crippen LogP contribution in [0.1, 0.15) is 26.2 Å². The number of benzene rings is 1. The molecule has 2 saturated carbocycles. The van der Waals surface area contributed by atoms with Crippen molar-refractivity contribution in [1.29, 1.82) is 0 Å². The predicted molar refractivity (Wildman–Crippen MR) is 84.8 cm³/mol. The Balaban J connectivity index is 1.69. The fourth-order valence-electron chi connectivity index (χ4n) is 4.09. The van der Waals surface area contributed by atoms with Crippen molar-refractivity contribution < 1.29 is 19.5 Å². The van der Waals surface area contributed by atoms with Crippen LogP contribution in [0.3, 0.4) is 0 Å². The zero-order chi connectivity index (χ0) is 16.6. The SMILES string of the molecule is CC(=O)Nc1ccc(NC(=O)[C@H]2[C@@H]3CC[C@H](C3)[C@@H]2C(=O)O)cc1. The third kappa shape index (κ3) is 3.06. The molecule has 0 aromatic heterocycles. The van der Waals surface area contributed by atoms with Gasteiger partial charge in [-0.2, -0.15) is 0 Å². The Bertz CT molecular complexity index is 640. The smallest absolute Gasteiger partial charge is 0.307 e. The maximum atomic E-state index is 12.5. The van der Waals surface area contributed by atoms with Gasteiger partial charge >= 0.3 is 5.97 Å². The van der Waals surface area contributed by atoms with Crippen LogP contribution < -0.4 is 10.6 Å². The molecule has 4 atom stereocenters. The average molecular weight is 316 g/mol. The summed E-state index contributed by atoms with van der Waals surface area (Å²) in [5, 5.41) is 14.9. The molecule has 0 saturated heterocycles. The van der Waals surface area contributed by atoms with E-state index in [9.17, 15) is 19.5 Å². The van der Waals surface area contributed by atoms with Gasteiger partial charge in [-0.3, -0.25) is 14.4 Å². The van der Waals surface area contributed by atoms with Crippen LogP contribution in [0, 0.1) is 23.7 Å². The molecule has 2 amide bonds. The van der Waals surface area contributed by atoms with Crippen LogP contribution in [0.4, 0.5) is 11.4 Å². The number of hydrogen-bond acceptors (Lipinski definition) is 3. The summed E-state index contributed by atoms with van der Waals surface area (Å²) in [5.41, 5.74) is 1.26. The minimum atomic E-state index is -0.863. The van der Waals surface area contributed by atoms with Gasteiger partial charge in [0.2, 0.25) is 11.8 Å². The molecule has 6 nitrogen and oxygen atoms in total. The zero-order valence-corrected chi connectivity index (χ0v) is 12.9. The molecule has 3 N–H and O–H groups in total. The maximum Gasteiger partial charge on any atom is 0.307 e. The van der Waals surface area contributed by atoms with E-state index in [4.69, 9.17) is 0 Å². The van der Waals surface area contributed by atoms with Crippen molar-refractivity contribution in [3.63, 3.8) is 0 Å². The number of carbonyl (C=O) groups excluding carboxylic acids is 2.